The number of carboxylic acid groups (broad SMARTS) is 1. The van der Waals surface area contributed by atoms with Gasteiger partial charge in [-0.2, -0.15) is 0 Å². The maximum Gasteiger partial charge on any atom is 0.319 e. The zero-order valence-corrected chi connectivity index (χ0v) is 19.9. The maximum absolute atomic E-state index is 13.5. The number of rotatable bonds is 11. The molecule has 0 bridgehead atoms. The Bertz CT molecular complexity index is 1150. The van der Waals surface area contributed by atoms with Crippen LogP contribution in [0.1, 0.15) is 48.1 Å². The number of thiazole rings is 1. The molecule has 0 aliphatic heterocycles. The van der Waals surface area contributed by atoms with Crippen LogP contribution in [0.25, 0.3) is 0 Å². The summed E-state index contributed by atoms with van der Waals surface area (Å²) in [5, 5.41) is 26.6. The van der Waals surface area contributed by atoms with Crippen LogP contribution in [0, 0.1) is 15.5 Å². The number of carboxylic acids is 1. The lowest BCUT2D eigenvalue weighted by Crippen LogP contribution is -2.49. The van der Waals surface area contributed by atoms with Gasteiger partial charge in [-0.3, -0.25) is 19.7 Å². The number of aliphatic carboxylic acids is 1. The second-order valence-corrected chi connectivity index (χ2v) is 8.98. The number of hydrogen-bond donors (Lipinski definition) is 2. The topological polar surface area (TPSA) is 122 Å². The van der Waals surface area contributed by atoms with Crippen LogP contribution in [0.5, 0.6) is 0 Å². The molecule has 1 aromatic heterocycles. The molecule has 0 saturated carbocycles. The second-order valence-electron chi connectivity index (χ2n) is 8.09. The second kappa shape index (κ2) is 11.0. The Morgan fingerprint density at radius 2 is 1.79 bits per heavy atom. The molecule has 0 aliphatic rings. The number of nitrogens with zero attached hydrogens (tertiary/aromatic N) is 2. The Labute approximate surface area is 201 Å². The van der Waals surface area contributed by atoms with Crippen LogP contribution in [-0.4, -0.2) is 26.9 Å². The van der Waals surface area contributed by atoms with E-state index in [1.165, 1.54) is 23.5 Å². The number of nitrogens with one attached hydrogen (secondary N) is 1. The van der Waals surface area contributed by atoms with E-state index in [2.05, 4.69) is 10.3 Å². The van der Waals surface area contributed by atoms with E-state index >= 15 is 0 Å². The summed E-state index contributed by atoms with van der Waals surface area (Å²) in [5.74, 6) is -1.76. The monoisotopic (exact) mass is 481 g/mol. The van der Waals surface area contributed by atoms with E-state index in [1.807, 2.05) is 42.6 Å². The van der Waals surface area contributed by atoms with Gasteiger partial charge in [-0.05, 0) is 36.8 Å². The summed E-state index contributed by atoms with van der Waals surface area (Å²) < 4.78 is 0. The standard InChI is InChI=1S/C25H27N3O5S/c1-3-19-16-34-22(26-19)21(14-17-10-12-20(13-11-17)28(32)33)27-23(29)25(4-2,24(30)31)15-18-8-6-5-7-9-18/h5-13,16,21H,3-4,14-15H2,1-2H3,(H,27,29)(H,30,31)/t21-,25?/m0/s1. The molecular weight excluding hydrogens is 454 g/mol. The summed E-state index contributed by atoms with van der Waals surface area (Å²) in [6, 6.07) is 14.6. The average Bonchev–Trinajstić information content (AvgIpc) is 3.32. The zero-order valence-electron chi connectivity index (χ0n) is 19.1. The van der Waals surface area contributed by atoms with Crippen molar-refractivity contribution in [3.8, 4) is 0 Å². The van der Waals surface area contributed by atoms with Gasteiger partial charge in [-0.1, -0.05) is 56.3 Å². The molecule has 1 amide bonds. The van der Waals surface area contributed by atoms with Crippen molar-refractivity contribution >= 4 is 28.9 Å². The van der Waals surface area contributed by atoms with Crippen molar-refractivity contribution in [2.24, 2.45) is 5.41 Å². The summed E-state index contributed by atoms with van der Waals surface area (Å²) in [7, 11) is 0. The van der Waals surface area contributed by atoms with Crippen LogP contribution in [0.4, 0.5) is 5.69 Å². The number of aromatic nitrogens is 1. The summed E-state index contributed by atoms with van der Waals surface area (Å²) in [4.78, 5) is 41.0. The zero-order chi connectivity index (χ0) is 24.7. The summed E-state index contributed by atoms with van der Waals surface area (Å²) >= 11 is 1.40. The van der Waals surface area contributed by atoms with Crippen LogP contribution in [0.15, 0.2) is 60.0 Å². The van der Waals surface area contributed by atoms with Crippen LogP contribution >= 0.6 is 11.3 Å². The first-order valence-electron chi connectivity index (χ1n) is 11.0. The smallest absolute Gasteiger partial charge is 0.319 e. The molecule has 0 spiro atoms. The van der Waals surface area contributed by atoms with Crippen LogP contribution in [-0.2, 0) is 28.9 Å². The number of aryl methyl sites for hydroxylation is 1. The predicted octanol–water partition coefficient (Wildman–Crippen LogP) is 4.74. The number of nitro groups is 1. The first kappa shape index (κ1) is 25.0. The molecule has 0 radical (unpaired) electrons. The van der Waals surface area contributed by atoms with Crippen molar-refractivity contribution in [2.45, 2.75) is 45.6 Å². The molecule has 3 rings (SSSR count). The number of hydrogen-bond acceptors (Lipinski definition) is 6. The molecule has 34 heavy (non-hydrogen) atoms. The Morgan fingerprint density at radius 3 is 2.32 bits per heavy atom. The molecule has 3 aromatic rings. The highest BCUT2D eigenvalue weighted by molar-refractivity contribution is 7.09. The van der Waals surface area contributed by atoms with Crippen LogP contribution in [0.2, 0.25) is 0 Å². The highest BCUT2D eigenvalue weighted by Gasteiger charge is 2.45. The maximum atomic E-state index is 13.5. The fourth-order valence-corrected chi connectivity index (χ4v) is 4.72. The summed E-state index contributed by atoms with van der Waals surface area (Å²) in [6.45, 7) is 3.68. The average molecular weight is 482 g/mol. The van der Waals surface area contributed by atoms with Gasteiger partial charge in [0, 0.05) is 17.5 Å². The van der Waals surface area contributed by atoms with E-state index in [4.69, 9.17) is 0 Å². The molecule has 2 N–H and O–H groups in total. The predicted molar refractivity (Wildman–Crippen MR) is 130 cm³/mol. The third-order valence-electron chi connectivity index (χ3n) is 5.92. The quantitative estimate of drug-likeness (QED) is 0.232. The van der Waals surface area contributed by atoms with Crippen molar-refractivity contribution in [1.29, 1.82) is 0 Å². The van der Waals surface area contributed by atoms with Gasteiger partial charge >= 0.3 is 5.97 Å². The number of nitro benzene ring substituents is 1. The third-order valence-corrected chi connectivity index (χ3v) is 6.93. The van der Waals surface area contributed by atoms with Gasteiger partial charge < -0.3 is 10.4 Å². The summed E-state index contributed by atoms with van der Waals surface area (Å²) in [5.41, 5.74) is 0.749. The van der Waals surface area contributed by atoms with Gasteiger partial charge in [0.25, 0.3) is 5.69 Å². The van der Waals surface area contributed by atoms with Crippen molar-refractivity contribution in [3.63, 3.8) is 0 Å². The van der Waals surface area contributed by atoms with Gasteiger partial charge in [0.15, 0.2) is 0 Å². The van der Waals surface area contributed by atoms with E-state index in [1.54, 1.807) is 19.1 Å². The molecule has 178 valence electrons. The Kier molecular flexibility index (Phi) is 8.12. The van der Waals surface area contributed by atoms with Crippen molar-refractivity contribution in [2.75, 3.05) is 0 Å². The molecule has 0 fully saturated rings. The number of benzene rings is 2. The summed E-state index contributed by atoms with van der Waals surface area (Å²) in [6.07, 6.45) is 1.24. The van der Waals surface area contributed by atoms with E-state index in [0.717, 1.165) is 23.2 Å². The van der Waals surface area contributed by atoms with Crippen LogP contribution in [0.3, 0.4) is 0 Å². The van der Waals surface area contributed by atoms with E-state index in [9.17, 15) is 24.8 Å². The van der Waals surface area contributed by atoms with Crippen molar-refractivity contribution in [1.82, 2.24) is 10.3 Å². The molecular formula is C25H27N3O5S. The highest BCUT2D eigenvalue weighted by Crippen LogP contribution is 2.31. The molecule has 2 atom stereocenters. The normalized spacial score (nSPS) is 13.6. The van der Waals surface area contributed by atoms with E-state index < -0.39 is 28.3 Å². The van der Waals surface area contributed by atoms with Gasteiger partial charge in [0.1, 0.15) is 10.4 Å². The lowest BCUT2D eigenvalue weighted by atomic mass is 9.78. The van der Waals surface area contributed by atoms with Gasteiger partial charge in [-0.25, -0.2) is 4.98 Å². The minimum Gasteiger partial charge on any atom is -0.480 e. The van der Waals surface area contributed by atoms with Crippen molar-refractivity contribution < 1.29 is 19.6 Å². The molecule has 8 nitrogen and oxygen atoms in total. The first-order chi connectivity index (χ1) is 16.3. The highest BCUT2D eigenvalue weighted by atomic mass is 32.1. The Morgan fingerprint density at radius 1 is 1.12 bits per heavy atom. The molecule has 0 aliphatic carbocycles. The number of carbonyl (C=O) groups is 2. The van der Waals surface area contributed by atoms with Gasteiger partial charge in [0.2, 0.25) is 5.91 Å². The van der Waals surface area contributed by atoms with Gasteiger partial charge in [-0.15, -0.1) is 11.3 Å². The van der Waals surface area contributed by atoms with E-state index in [-0.39, 0.29) is 18.5 Å². The Balaban J connectivity index is 1.92. The number of carbonyl (C=O) groups excluding carboxylic acids is 1. The van der Waals surface area contributed by atoms with Crippen LogP contribution < -0.4 is 5.32 Å². The number of non-ortho nitro benzene ring substituents is 1. The van der Waals surface area contributed by atoms with E-state index in [0.29, 0.717) is 11.4 Å². The molecule has 1 unspecified atom stereocenters. The molecule has 2 aromatic carbocycles. The first-order valence-corrected chi connectivity index (χ1v) is 11.9. The SMILES string of the molecule is CCc1csc([C@H](Cc2ccc([N+](=O)[O-])cc2)NC(=O)C(CC)(Cc2ccccc2)C(=O)O)n1. The number of amides is 1. The van der Waals surface area contributed by atoms with Crippen molar-refractivity contribution in [3.05, 3.63) is 91.9 Å². The lowest BCUT2D eigenvalue weighted by molar-refractivity contribution is -0.384. The Hall–Kier alpha value is -3.59. The minimum atomic E-state index is -1.64. The molecule has 9 heteroatoms. The molecule has 1 heterocycles. The third kappa shape index (κ3) is 5.66. The fraction of sp³-hybridized carbons (Fsp3) is 0.320. The molecule has 0 saturated heterocycles. The fourth-order valence-electron chi connectivity index (χ4n) is 3.77. The lowest BCUT2D eigenvalue weighted by Gasteiger charge is -2.29. The minimum absolute atomic E-state index is 0.0226. The largest absolute Gasteiger partial charge is 0.480 e. The van der Waals surface area contributed by atoms with Gasteiger partial charge in [0.05, 0.1) is 16.7 Å².